The van der Waals surface area contributed by atoms with Gasteiger partial charge in [-0.25, -0.2) is 0 Å². The summed E-state index contributed by atoms with van der Waals surface area (Å²) in [5.74, 6) is 1.41. The quantitative estimate of drug-likeness (QED) is 0.765. The number of rotatable bonds is 1. The van der Waals surface area contributed by atoms with Gasteiger partial charge in [-0.3, -0.25) is 0 Å². The van der Waals surface area contributed by atoms with E-state index in [2.05, 4.69) is 26.8 Å². The number of aromatic hydroxyl groups is 1. The van der Waals surface area contributed by atoms with Gasteiger partial charge in [-0.05, 0) is 68.3 Å². The maximum absolute atomic E-state index is 10.5. The smallest absolute Gasteiger partial charge is 0.119 e. The van der Waals surface area contributed by atoms with Crippen LogP contribution in [-0.4, -0.2) is 5.11 Å². The fourth-order valence-corrected chi connectivity index (χ4v) is 6.82. The monoisotopic (exact) mass is 270 g/mol. The fourth-order valence-electron chi connectivity index (χ4n) is 6.82. The van der Waals surface area contributed by atoms with E-state index in [0.29, 0.717) is 16.6 Å². The van der Waals surface area contributed by atoms with E-state index >= 15 is 0 Å². The molecule has 4 aliphatic rings. The predicted molar refractivity (Wildman–Crippen MR) is 81.9 cm³/mol. The molecule has 4 aliphatic carbocycles. The first-order valence-corrected chi connectivity index (χ1v) is 8.12. The van der Waals surface area contributed by atoms with E-state index < -0.39 is 0 Å². The molecule has 2 unspecified atom stereocenters. The van der Waals surface area contributed by atoms with Crippen LogP contribution in [0.1, 0.15) is 63.5 Å². The first-order valence-electron chi connectivity index (χ1n) is 8.12. The van der Waals surface area contributed by atoms with E-state index in [1.165, 1.54) is 49.7 Å². The van der Waals surface area contributed by atoms with Crippen molar-refractivity contribution in [3.63, 3.8) is 0 Å². The summed E-state index contributed by atoms with van der Waals surface area (Å²) < 4.78 is 0. The van der Waals surface area contributed by atoms with Crippen molar-refractivity contribution in [1.29, 1.82) is 0 Å². The molecular weight excluding hydrogens is 244 g/mol. The van der Waals surface area contributed by atoms with Gasteiger partial charge in [-0.2, -0.15) is 0 Å². The number of phenols is 1. The molecule has 1 aromatic carbocycles. The van der Waals surface area contributed by atoms with Crippen molar-refractivity contribution < 1.29 is 5.11 Å². The Morgan fingerprint density at radius 3 is 2.25 bits per heavy atom. The van der Waals surface area contributed by atoms with Crippen molar-refractivity contribution in [3.8, 4) is 5.75 Å². The largest absolute Gasteiger partial charge is 0.508 e. The minimum absolute atomic E-state index is 0.249. The Labute approximate surface area is 122 Å². The van der Waals surface area contributed by atoms with E-state index in [4.69, 9.17) is 0 Å². The Morgan fingerprint density at radius 2 is 1.65 bits per heavy atom. The second-order valence-electron chi connectivity index (χ2n) is 8.93. The lowest BCUT2D eigenvalue weighted by Crippen LogP contribution is -2.56. The van der Waals surface area contributed by atoms with Crippen LogP contribution in [0.2, 0.25) is 0 Å². The van der Waals surface area contributed by atoms with E-state index in [-0.39, 0.29) is 5.41 Å². The van der Waals surface area contributed by atoms with Crippen LogP contribution in [-0.2, 0) is 5.41 Å². The van der Waals surface area contributed by atoms with Gasteiger partial charge in [-0.1, -0.05) is 31.5 Å². The highest BCUT2D eigenvalue weighted by Gasteiger charge is 2.60. The molecule has 4 bridgehead atoms. The highest BCUT2D eigenvalue weighted by atomic mass is 16.3. The minimum Gasteiger partial charge on any atom is -0.508 e. The van der Waals surface area contributed by atoms with Gasteiger partial charge in [0.25, 0.3) is 0 Å². The highest BCUT2D eigenvalue weighted by molar-refractivity contribution is 5.43. The van der Waals surface area contributed by atoms with Gasteiger partial charge >= 0.3 is 0 Å². The Morgan fingerprint density at radius 1 is 1.00 bits per heavy atom. The summed E-state index contributed by atoms with van der Waals surface area (Å²) >= 11 is 0. The van der Waals surface area contributed by atoms with Crippen LogP contribution in [0.4, 0.5) is 0 Å². The summed E-state index contributed by atoms with van der Waals surface area (Å²) in [6, 6.07) is 6.20. The normalized spacial score (nSPS) is 45.9. The highest BCUT2D eigenvalue weighted by Crippen LogP contribution is 2.70. The molecule has 0 radical (unpaired) electrons. The van der Waals surface area contributed by atoms with Crippen molar-refractivity contribution in [3.05, 3.63) is 29.3 Å². The van der Waals surface area contributed by atoms with Gasteiger partial charge in [0, 0.05) is 11.0 Å². The number of aryl methyl sites for hydroxylation is 1. The third kappa shape index (κ3) is 1.68. The summed E-state index contributed by atoms with van der Waals surface area (Å²) in [5, 5.41) is 10.5. The van der Waals surface area contributed by atoms with E-state index in [1.54, 1.807) is 0 Å². The van der Waals surface area contributed by atoms with Crippen molar-refractivity contribution in [2.45, 2.75) is 64.7 Å². The fraction of sp³-hybridized carbons (Fsp3) is 0.684. The number of hydrogen-bond donors (Lipinski definition) is 1. The van der Waals surface area contributed by atoms with Gasteiger partial charge in [-0.15, -0.1) is 0 Å². The van der Waals surface area contributed by atoms with Crippen molar-refractivity contribution in [2.24, 2.45) is 16.7 Å². The van der Waals surface area contributed by atoms with Crippen LogP contribution >= 0.6 is 0 Å². The van der Waals surface area contributed by atoms with Crippen molar-refractivity contribution in [2.75, 3.05) is 0 Å². The third-order valence-electron chi connectivity index (χ3n) is 6.35. The zero-order valence-electron chi connectivity index (χ0n) is 13.0. The molecule has 0 aliphatic heterocycles. The molecule has 4 saturated carbocycles. The van der Waals surface area contributed by atoms with Crippen LogP contribution in [0, 0.1) is 23.7 Å². The Kier molecular flexibility index (Phi) is 2.30. The standard InChI is InChI=1S/C19H26O/c1-13-4-5-16(20)15(6-13)19-9-14-7-17(2,11-19)10-18(3,8-14)12-19/h4-6,14,20H,7-12H2,1-3H3/t14?,17-,18+,19?. The van der Waals surface area contributed by atoms with Crippen LogP contribution in [0.3, 0.4) is 0 Å². The van der Waals surface area contributed by atoms with Gasteiger partial charge in [0.1, 0.15) is 5.75 Å². The van der Waals surface area contributed by atoms with E-state index in [0.717, 1.165) is 5.92 Å². The van der Waals surface area contributed by atoms with Gasteiger partial charge < -0.3 is 5.11 Å². The molecule has 20 heavy (non-hydrogen) atoms. The molecule has 108 valence electrons. The molecule has 0 saturated heterocycles. The number of benzene rings is 1. The van der Waals surface area contributed by atoms with Crippen molar-refractivity contribution in [1.82, 2.24) is 0 Å². The topological polar surface area (TPSA) is 20.2 Å². The number of phenolic OH excluding ortho intramolecular Hbond substituents is 1. The van der Waals surface area contributed by atoms with Crippen LogP contribution in [0.5, 0.6) is 5.75 Å². The molecule has 4 fully saturated rings. The molecule has 0 aromatic heterocycles. The van der Waals surface area contributed by atoms with Crippen LogP contribution in [0.25, 0.3) is 0 Å². The lowest BCUT2D eigenvalue weighted by Gasteiger charge is -2.65. The summed E-state index contributed by atoms with van der Waals surface area (Å²) in [7, 11) is 0. The van der Waals surface area contributed by atoms with E-state index in [1.807, 2.05) is 12.1 Å². The second-order valence-corrected chi connectivity index (χ2v) is 8.93. The zero-order valence-corrected chi connectivity index (χ0v) is 13.0. The molecule has 1 heteroatoms. The molecule has 5 rings (SSSR count). The van der Waals surface area contributed by atoms with Gasteiger partial charge in [0.05, 0.1) is 0 Å². The molecule has 1 N–H and O–H groups in total. The third-order valence-corrected chi connectivity index (χ3v) is 6.35. The molecule has 0 amide bonds. The lowest BCUT2D eigenvalue weighted by molar-refractivity contribution is -0.110. The summed E-state index contributed by atoms with van der Waals surface area (Å²) in [6.45, 7) is 7.14. The predicted octanol–water partition coefficient (Wildman–Crippen LogP) is 4.95. The molecule has 0 heterocycles. The zero-order chi connectivity index (χ0) is 14.2. The Hall–Kier alpha value is -0.980. The average Bonchev–Trinajstić information content (AvgIpc) is 2.27. The first-order chi connectivity index (χ1) is 9.32. The second kappa shape index (κ2) is 3.61. The van der Waals surface area contributed by atoms with Crippen LogP contribution in [0.15, 0.2) is 18.2 Å². The summed E-state index contributed by atoms with van der Waals surface area (Å²) in [4.78, 5) is 0. The minimum atomic E-state index is 0.249. The maximum Gasteiger partial charge on any atom is 0.119 e. The summed E-state index contributed by atoms with van der Waals surface area (Å²) in [5.41, 5.74) is 3.79. The Balaban J connectivity index is 1.86. The molecule has 4 atom stereocenters. The SMILES string of the molecule is Cc1ccc(O)c(C23CC4C[C@@](C)(C2)C[C@](C)(C4)C3)c1. The van der Waals surface area contributed by atoms with Gasteiger partial charge in [0.2, 0.25) is 0 Å². The summed E-state index contributed by atoms with van der Waals surface area (Å²) in [6.07, 6.45) is 8.08. The first kappa shape index (κ1) is 12.7. The van der Waals surface area contributed by atoms with E-state index in [9.17, 15) is 5.11 Å². The average molecular weight is 270 g/mol. The lowest BCUT2D eigenvalue weighted by atomic mass is 9.39. The molecule has 1 nitrogen and oxygen atoms in total. The number of hydrogen-bond acceptors (Lipinski definition) is 1. The molecule has 0 spiro atoms. The van der Waals surface area contributed by atoms with Crippen molar-refractivity contribution >= 4 is 0 Å². The van der Waals surface area contributed by atoms with Crippen LogP contribution < -0.4 is 0 Å². The molecular formula is C19H26O. The Bertz CT molecular complexity index is 555. The molecule has 1 aromatic rings. The maximum atomic E-state index is 10.5. The van der Waals surface area contributed by atoms with Gasteiger partial charge in [0.15, 0.2) is 0 Å².